The lowest BCUT2D eigenvalue weighted by atomic mass is 9.97. The van der Waals surface area contributed by atoms with Crippen molar-refractivity contribution in [2.75, 3.05) is 46.5 Å². The third kappa shape index (κ3) is 10.1. The average molecular weight is 563 g/mol. The lowest BCUT2D eigenvalue weighted by Crippen LogP contribution is -2.34. The molecule has 1 aromatic rings. The van der Waals surface area contributed by atoms with E-state index in [1.54, 1.807) is 0 Å². The summed E-state index contributed by atoms with van der Waals surface area (Å²) in [5, 5.41) is 14.2. The van der Waals surface area contributed by atoms with Crippen molar-refractivity contribution < 1.29 is 60.0 Å². The quantitative estimate of drug-likeness (QED) is 0.522. The summed E-state index contributed by atoms with van der Waals surface area (Å²) in [6.45, 7) is 8.87. The molecule has 0 unspecified atom stereocenters. The van der Waals surface area contributed by atoms with Gasteiger partial charge >= 0.3 is 24.3 Å². The van der Waals surface area contributed by atoms with Crippen LogP contribution in [0.3, 0.4) is 0 Å². The van der Waals surface area contributed by atoms with Gasteiger partial charge in [-0.1, -0.05) is 0 Å². The minimum absolute atomic E-state index is 0.313. The van der Waals surface area contributed by atoms with E-state index in [0.717, 1.165) is 50.3 Å². The van der Waals surface area contributed by atoms with Crippen LogP contribution in [0.1, 0.15) is 24.4 Å². The van der Waals surface area contributed by atoms with E-state index >= 15 is 0 Å². The predicted octanol–water partition coefficient (Wildman–Crippen LogP) is 3.41. The topological polar surface area (TPSA) is 113 Å². The molecule has 1 aromatic heterocycles. The van der Waals surface area contributed by atoms with Gasteiger partial charge in [-0.05, 0) is 58.0 Å². The first kappa shape index (κ1) is 31.9. The number of likely N-dealkylation sites (tertiary alicyclic amines) is 2. The molecule has 3 saturated heterocycles. The Labute approximate surface area is 215 Å². The van der Waals surface area contributed by atoms with Gasteiger partial charge in [-0.2, -0.15) is 26.3 Å². The maximum atomic E-state index is 10.6. The number of furan rings is 1. The first-order valence-corrected chi connectivity index (χ1v) is 11.9. The molecule has 0 aromatic carbocycles. The van der Waals surface area contributed by atoms with Crippen molar-refractivity contribution in [2.45, 2.75) is 50.8 Å². The number of alkyl halides is 6. The highest BCUT2D eigenvalue weighted by Crippen LogP contribution is 2.34. The third-order valence-electron chi connectivity index (χ3n) is 6.48. The first-order valence-electron chi connectivity index (χ1n) is 11.9. The Morgan fingerprint density at radius 2 is 1.58 bits per heavy atom. The van der Waals surface area contributed by atoms with Crippen molar-refractivity contribution in [1.82, 2.24) is 9.80 Å². The summed E-state index contributed by atoms with van der Waals surface area (Å²) in [5.74, 6) is -2.23. The second kappa shape index (κ2) is 13.6. The molecule has 3 atom stereocenters. The summed E-state index contributed by atoms with van der Waals surface area (Å²) < 4.78 is 81.4. The minimum atomic E-state index is -5.08. The minimum Gasteiger partial charge on any atom is -0.475 e. The summed E-state index contributed by atoms with van der Waals surface area (Å²) in [4.78, 5) is 22.7. The van der Waals surface area contributed by atoms with E-state index in [1.807, 2.05) is 13.0 Å². The van der Waals surface area contributed by atoms with Crippen LogP contribution in [0.25, 0.3) is 0 Å². The van der Waals surface area contributed by atoms with Gasteiger partial charge < -0.3 is 29.0 Å². The number of hydrogen-bond acceptors (Lipinski definition) is 7. The standard InChI is InChI=1S/C19H30N2O3.2C2HF3O2/c1-14-3-4-16(24-14)9-21-10-19(17-12-22-13-18(17)21)23-11-15-5-7-20(2)8-6-15;2*3-2(4,5)1(6)7/h3-4,15,17-19H,5-13H2,1-2H3;2*(H,6,7)/t17-,18+,19-;;/m0../s1. The van der Waals surface area contributed by atoms with Crippen molar-refractivity contribution in [3.63, 3.8) is 0 Å². The fraction of sp³-hybridized carbons (Fsp3) is 0.739. The molecule has 2 N–H and O–H groups in total. The van der Waals surface area contributed by atoms with Gasteiger partial charge in [0.15, 0.2) is 0 Å². The Kier molecular flexibility index (Phi) is 11.4. The van der Waals surface area contributed by atoms with Gasteiger partial charge in [0.2, 0.25) is 0 Å². The van der Waals surface area contributed by atoms with E-state index in [1.165, 1.54) is 25.9 Å². The van der Waals surface area contributed by atoms with E-state index in [0.29, 0.717) is 18.1 Å². The van der Waals surface area contributed by atoms with E-state index in [2.05, 4.69) is 22.9 Å². The lowest BCUT2D eigenvalue weighted by Gasteiger charge is -2.30. The molecule has 3 aliphatic heterocycles. The van der Waals surface area contributed by atoms with Crippen LogP contribution in [-0.2, 0) is 25.6 Å². The molecule has 0 spiro atoms. The number of rotatable bonds is 5. The van der Waals surface area contributed by atoms with Crippen molar-refractivity contribution in [1.29, 1.82) is 0 Å². The van der Waals surface area contributed by atoms with Gasteiger partial charge in [-0.3, -0.25) is 4.90 Å². The number of piperidine rings is 1. The van der Waals surface area contributed by atoms with E-state index < -0.39 is 24.3 Å². The Morgan fingerprint density at radius 1 is 1.03 bits per heavy atom. The van der Waals surface area contributed by atoms with Crippen LogP contribution in [-0.4, -0.2) is 103 Å². The van der Waals surface area contributed by atoms with Gasteiger partial charge in [0, 0.05) is 25.1 Å². The number of aryl methyl sites for hydroxylation is 1. The molecule has 4 rings (SSSR count). The monoisotopic (exact) mass is 562 g/mol. The highest BCUT2D eigenvalue weighted by atomic mass is 19.4. The number of hydrogen-bond donors (Lipinski definition) is 2. The van der Waals surface area contributed by atoms with Gasteiger partial charge in [0.25, 0.3) is 0 Å². The van der Waals surface area contributed by atoms with Gasteiger partial charge in [0.05, 0.1) is 25.9 Å². The molecule has 38 heavy (non-hydrogen) atoms. The molecule has 3 fully saturated rings. The van der Waals surface area contributed by atoms with Crippen LogP contribution in [0.5, 0.6) is 0 Å². The summed E-state index contributed by atoms with van der Waals surface area (Å²) in [5.41, 5.74) is 0. The molecule has 218 valence electrons. The molecule has 0 amide bonds. The number of carbonyl (C=O) groups is 2. The zero-order valence-electron chi connectivity index (χ0n) is 20.9. The molecule has 4 heterocycles. The Bertz CT molecular complexity index is 876. The van der Waals surface area contributed by atoms with Crippen LogP contribution in [0.2, 0.25) is 0 Å². The van der Waals surface area contributed by atoms with Gasteiger partial charge in [0.1, 0.15) is 11.5 Å². The lowest BCUT2D eigenvalue weighted by molar-refractivity contribution is -0.193. The van der Waals surface area contributed by atoms with Crippen molar-refractivity contribution >= 4 is 11.9 Å². The number of carboxylic acids is 2. The van der Waals surface area contributed by atoms with Crippen LogP contribution in [0.4, 0.5) is 26.3 Å². The van der Waals surface area contributed by atoms with Crippen molar-refractivity contribution in [3.05, 3.63) is 23.7 Å². The Morgan fingerprint density at radius 3 is 2.05 bits per heavy atom. The SMILES string of the molecule is Cc1ccc(CN2C[C@H](OCC3CCN(C)CC3)[C@H]3COC[C@H]32)o1.O=C(O)C(F)(F)F.O=C(O)C(F)(F)F. The van der Waals surface area contributed by atoms with E-state index in [-0.39, 0.29) is 0 Å². The molecule has 3 aliphatic rings. The molecule has 0 bridgehead atoms. The molecule has 0 aliphatic carbocycles. The summed E-state index contributed by atoms with van der Waals surface area (Å²) >= 11 is 0. The van der Waals surface area contributed by atoms with Crippen molar-refractivity contribution in [3.8, 4) is 0 Å². The summed E-state index contributed by atoms with van der Waals surface area (Å²) in [6.07, 6.45) is -7.32. The zero-order valence-corrected chi connectivity index (χ0v) is 20.9. The number of aliphatic carboxylic acids is 2. The number of halogens is 6. The molecule has 15 heteroatoms. The van der Waals surface area contributed by atoms with Crippen LogP contribution in [0, 0.1) is 18.8 Å². The van der Waals surface area contributed by atoms with Crippen LogP contribution < -0.4 is 0 Å². The predicted molar refractivity (Wildman–Crippen MR) is 119 cm³/mol. The molecule has 9 nitrogen and oxygen atoms in total. The number of nitrogens with zero attached hydrogens (tertiary/aromatic N) is 2. The Hall–Kier alpha value is -2.36. The first-order chi connectivity index (χ1) is 17.6. The molecular weight excluding hydrogens is 530 g/mol. The third-order valence-corrected chi connectivity index (χ3v) is 6.48. The fourth-order valence-electron chi connectivity index (χ4n) is 4.41. The molecular formula is C23H32F6N2O7. The number of fused-ring (bicyclic) bond motifs is 1. The normalized spacial score (nSPS) is 24.7. The van der Waals surface area contributed by atoms with E-state index in [4.69, 9.17) is 33.7 Å². The fourth-order valence-corrected chi connectivity index (χ4v) is 4.41. The second-order valence-electron chi connectivity index (χ2n) is 9.43. The largest absolute Gasteiger partial charge is 0.490 e. The van der Waals surface area contributed by atoms with Gasteiger partial charge in [-0.15, -0.1) is 0 Å². The zero-order chi connectivity index (χ0) is 28.7. The van der Waals surface area contributed by atoms with Gasteiger partial charge in [-0.25, -0.2) is 9.59 Å². The van der Waals surface area contributed by atoms with Crippen molar-refractivity contribution in [2.24, 2.45) is 11.8 Å². The smallest absolute Gasteiger partial charge is 0.475 e. The molecule has 0 saturated carbocycles. The summed E-state index contributed by atoms with van der Waals surface area (Å²) in [7, 11) is 2.21. The second-order valence-corrected chi connectivity index (χ2v) is 9.43. The Balaban J connectivity index is 0.000000301. The highest BCUT2D eigenvalue weighted by molar-refractivity contribution is 5.73. The average Bonchev–Trinajstić information content (AvgIpc) is 3.52. The summed E-state index contributed by atoms with van der Waals surface area (Å²) in [6, 6.07) is 4.62. The number of ether oxygens (including phenoxy) is 2. The molecule has 0 radical (unpaired) electrons. The highest BCUT2D eigenvalue weighted by Gasteiger charge is 2.46. The maximum absolute atomic E-state index is 10.6. The number of carboxylic acid groups (broad SMARTS) is 2. The van der Waals surface area contributed by atoms with Crippen LogP contribution >= 0.6 is 0 Å². The van der Waals surface area contributed by atoms with Crippen LogP contribution in [0.15, 0.2) is 16.5 Å². The van der Waals surface area contributed by atoms with E-state index in [9.17, 15) is 26.3 Å². The maximum Gasteiger partial charge on any atom is 0.490 e.